The predicted molar refractivity (Wildman–Crippen MR) is 95.9 cm³/mol. The van der Waals surface area contributed by atoms with E-state index in [1.54, 1.807) is 24.8 Å². The van der Waals surface area contributed by atoms with E-state index in [0.717, 1.165) is 0 Å². The molecule has 0 N–H and O–H groups in total. The standard InChI is InChI=1S/C17H18N6O5/c1-11-3-4-14(16(19-11)23(25)26)27-10-15(24)21-5-7-22(8-6-21)17-13(9-18)20-12(2)28-17/h3-4H,5-8,10H2,1-2H3. The highest BCUT2D eigenvalue weighted by Gasteiger charge is 2.26. The molecule has 0 aromatic carbocycles. The maximum absolute atomic E-state index is 12.4. The average Bonchev–Trinajstić information content (AvgIpc) is 3.07. The van der Waals surface area contributed by atoms with Crippen LogP contribution >= 0.6 is 0 Å². The molecule has 11 heteroatoms. The van der Waals surface area contributed by atoms with E-state index in [4.69, 9.17) is 14.4 Å². The van der Waals surface area contributed by atoms with Gasteiger partial charge in [-0.05, 0) is 22.0 Å². The van der Waals surface area contributed by atoms with Gasteiger partial charge >= 0.3 is 5.82 Å². The zero-order valence-corrected chi connectivity index (χ0v) is 15.4. The molecule has 0 spiro atoms. The third-order valence-corrected chi connectivity index (χ3v) is 4.24. The van der Waals surface area contributed by atoms with E-state index in [9.17, 15) is 14.9 Å². The lowest BCUT2D eigenvalue weighted by Crippen LogP contribution is -2.50. The maximum atomic E-state index is 12.4. The van der Waals surface area contributed by atoms with E-state index in [0.29, 0.717) is 43.6 Å². The highest BCUT2D eigenvalue weighted by Crippen LogP contribution is 2.25. The SMILES string of the molecule is Cc1ccc(OCC(=O)N2CCN(c3oc(C)nc3C#N)CC2)c([N+](=O)[O-])n1. The molecule has 11 nitrogen and oxygen atoms in total. The molecule has 1 aliphatic rings. The van der Waals surface area contributed by atoms with E-state index in [1.165, 1.54) is 6.07 Å². The summed E-state index contributed by atoms with van der Waals surface area (Å²) in [5.41, 5.74) is 0.709. The smallest absolute Gasteiger partial charge is 0.406 e. The number of pyridine rings is 1. The van der Waals surface area contributed by atoms with Gasteiger partial charge in [0.05, 0.1) is 0 Å². The van der Waals surface area contributed by atoms with Gasteiger partial charge in [0.15, 0.2) is 12.5 Å². The fraction of sp³-hybridized carbons (Fsp3) is 0.412. The van der Waals surface area contributed by atoms with Crippen LogP contribution in [0.1, 0.15) is 17.3 Å². The van der Waals surface area contributed by atoms with E-state index in [2.05, 4.69) is 9.97 Å². The molecule has 3 heterocycles. The third kappa shape index (κ3) is 4.01. The second-order valence-electron chi connectivity index (χ2n) is 6.19. The molecule has 1 aliphatic heterocycles. The van der Waals surface area contributed by atoms with Gasteiger partial charge in [0.25, 0.3) is 5.91 Å². The number of nitrogens with zero attached hydrogens (tertiary/aromatic N) is 6. The molecule has 0 aliphatic carbocycles. The monoisotopic (exact) mass is 386 g/mol. The van der Waals surface area contributed by atoms with Gasteiger partial charge < -0.3 is 29.1 Å². The van der Waals surface area contributed by atoms with Crippen LogP contribution in [0, 0.1) is 35.3 Å². The van der Waals surface area contributed by atoms with Crippen LogP contribution in [-0.4, -0.2) is 58.5 Å². The minimum atomic E-state index is -0.641. The second-order valence-corrected chi connectivity index (χ2v) is 6.19. The normalized spacial score (nSPS) is 13.9. The molecule has 0 atom stereocenters. The van der Waals surface area contributed by atoms with Crippen molar-refractivity contribution in [3.63, 3.8) is 0 Å². The van der Waals surface area contributed by atoms with Crippen LogP contribution in [0.25, 0.3) is 0 Å². The van der Waals surface area contributed by atoms with Crippen LogP contribution in [0.15, 0.2) is 16.5 Å². The van der Waals surface area contributed by atoms with Gasteiger partial charge in [-0.2, -0.15) is 5.26 Å². The molecule has 0 unspecified atom stereocenters. The Morgan fingerprint density at radius 1 is 1.32 bits per heavy atom. The van der Waals surface area contributed by atoms with Gasteiger partial charge in [0.1, 0.15) is 11.8 Å². The first-order valence-electron chi connectivity index (χ1n) is 8.54. The summed E-state index contributed by atoms with van der Waals surface area (Å²) < 4.78 is 10.8. The first-order valence-corrected chi connectivity index (χ1v) is 8.54. The lowest BCUT2D eigenvalue weighted by molar-refractivity contribution is -0.390. The Labute approximate surface area is 160 Å². The maximum Gasteiger partial charge on any atom is 0.406 e. The van der Waals surface area contributed by atoms with Crippen molar-refractivity contribution in [2.24, 2.45) is 0 Å². The van der Waals surface area contributed by atoms with Gasteiger partial charge in [-0.1, -0.05) is 0 Å². The molecule has 28 heavy (non-hydrogen) atoms. The Bertz CT molecular complexity index is 942. The molecule has 2 aromatic rings. The molecule has 146 valence electrons. The number of carbonyl (C=O) groups excluding carboxylic acids is 1. The Hall–Kier alpha value is -3.68. The van der Waals surface area contributed by atoms with Crippen LogP contribution in [-0.2, 0) is 4.79 Å². The molecule has 1 saturated heterocycles. The molecule has 2 aromatic heterocycles. The van der Waals surface area contributed by atoms with Crippen molar-refractivity contribution in [1.82, 2.24) is 14.9 Å². The second kappa shape index (κ2) is 7.91. The van der Waals surface area contributed by atoms with Gasteiger partial charge in [0.2, 0.25) is 17.3 Å². The van der Waals surface area contributed by atoms with Crippen LogP contribution < -0.4 is 9.64 Å². The van der Waals surface area contributed by atoms with Crippen molar-refractivity contribution in [3.05, 3.63) is 39.5 Å². The van der Waals surface area contributed by atoms with Crippen LogP contribution in [0.5, 0.6) is 5.75 Å². The number of amides is 1. The Balaban J connectivity index is 1.58. The van der Waals surface area contributed by atoms with Crippen molar-refractivity contribution < 1.29 is 18.9 Å². The van der Waals surface area contributed by atoms with Crippen molar-refractivity contribution in [2.45, 2.75) is 13.8 Å². The van der Waals surface area contributed by atoms with Gasteiger partial charge in [0, 0.05) is 40.0 Å². The van der Waals surface area contributed by atoms with Crippen LogP contribution in [0.3, 0.4) is 0 Å². The summed E-state index contributed by atoms with van der Waals surface area (Å²) in [6.45, 7) is 4.73. The lowest BCUT2D eigenvalue weighted by Gasteiger charge is -2.34. The summed E-state index contributed by atoms with van der Waals surface area (Å²) in [5.74, 6) is 0.0703. The van der Waals surface area contributed by atoms with Crippen molar-refractivity contribution >= 4 is 17.6 Å². The minimum Gasteiger partial charge on any atom is -0.476 e. The summed E-state index contributed by atoms with van der Waals surface area (Å²) in [5, 5.41) is 20.2. The summed E-state index contributed by atoms with van der Waals surface area (Å²) >= 11 is 0. The molecule has 0 saturated carbocycles. The number of hydrogen-bond donors (Lipinski definition) is 0. The highest BCUT2D eigenvalue weighted by molar-refractivity contribution is 5.78. The average molecular weight is 386 g/mol. The number of nitro groups is 1. The Morgan fingerprint density at radius 3 is 2.68 bits per heavy atom. The number of carbonyl (C=O) groups is 1. The van der Waals surface area contributed by atoms with E-state index in [-0.39, 0.29) is 24.0 Å². The summed E-state index contributed by atoms with van der Waals surface area (Å²) in [4.78, 5) is 34.1. The molecule has 3 rings (SSSR count). The topological polar surface area (TPSA) is 139 Å². The molecule has 0 bridgehead atoms. The summed E-state index contributed by atoms with van der Waals surface area (Å²) in [6.07, 6.45) is 0. The van der Waals surface area contributed by atoms with Gasteiger partial charge in [-0.15, -0.1) is 0 Å². The number of ether oxygens (including phenoxy) is 1. The largest absolute Gasteiger partial charge is 0.476 e. The number of aryl methyl sites for hydroxylation is 2. The van der Waals surface area contributed by atoms with Gasteiger partial charge in [-0.3, -0.25) is 4.79 Å². The van der Waals surface area contributed by atoms with Crippen LogP contribution in [0.4, 0.5) is 11.7 Å². The quantitative estimate of drug-likeness (QED) is 0.547. The summed E-state index contributed by atoms with van der Waals surface area (Å²) in [6, 6.07) is 5.01. The fourth-order valence-electron chi connectivity index (χ4n) is 2.87. The minimum absolute atomic E-state index is 0.0432. The highest BCUT2D eigenvalue weighted by atomic mass is 16.6. The number of hydrogen-bond acceptors (Lipinski definition) is 9. The molecule has 0 radical (unpaired) electrons. The number of oxazole rings is 1. The number of piperazine rings is 1. The van der Waals surface area contributed by atoms with E-state index < -0.39 is 10.7 Å². The Kier molecular flexibility index (Phi) is 5.39. The zero-order valence-electron chi connectivity index (χ0n) is 15.4. The van der Waals surface area contributed by atoms with Crippen molar-refractivity contribution in [1.29, 1.82) is 5.26 Å². The molecule has 1 fully saturated rings. The summed E-state index contributed by atoms with van der Waals surface area (Å²) in [7, 11) is 0. The van der Waals surface area contributed by atoms with Crippen LogP contribution in [0.2, 0.25) is 0 Å². The first-order chi connectivity index (χ1) is 13.4. The number of rotatable bonds is 5. The molecule has 1 amide bonds. The molecular formula is C17H18N6O5. The number of nitriles is 1. The number of aromatic nitrogens is 2. The molecular weight excluding hydrogens is 368 g/mol. The predicted octanol–water partition coefficient (Wildman–Crippen LogP) is 1.19. The fourth-order valence-corrected chi connectivity index (χ4v) is 2.87. The third-order valence-electron chi connectivity index (χ3n) is 4.24. The zero-order chi connectivity index (χ0) is 20.3. The lowest BCUT2D eigenvalue weighted by atomic mass is 10.3. The van der Waals surface area contributed by atoms with Crippen molar-refractivity contribution in [3.8, 4) is 11.8 Å². The van der Waals surface area contributed by atoms with Crippen molar-refractivity contribution in [2.75, 3.05) is 37.7 Å². The first kappa shape index (κ1) is 19.1. The Morgan fingerprint density at radius 2 is 2.04 bits per heavy atom. The van der Waals surface area contributed by atoms with E-state index >= 15 is 0 Å². The number of anilines is 1. The van der Waals surface area contributed by atoms with Gasteiger partial charge in [-0.25, -0.2) is 4.98 Å². The van der Waals surface area contributed by atoms with E-state index in [1.807, 2.05) is 11.0 Å².